The minimum atomic E-state index is -0.211. The average Bonchev–Trinajstić information content (AvgIpc) is 2.41. The maximum Gasteiger partial charge on any atom is 0.258 e. The highest BCUT2D eigenvalue weighted by Crippen LogP contribution is 2.17. The van der Waals surface area contributed by atoms with Crippen LogP contribution in [-0.4, -0.2) is 37.3 Å². The van der Waals surface area contributed by atoms with E-state index in [1.165, 1.54) is 0 Å². The molecule has 1 amide bonds. The molecule has 0 bridgehead atoms. The number of carbonyl (C=O) groups excluding carboxylic acids is 1. The van der Waals surface area contributed by atoms with Gasteiger partial charge in [0, 0.05) is 13.2 Å². The van der Waals surface area contributed by atoms with Crippen LogP contribution in [0.3, 0.4) is 0 Å². The molecule has 0 aliphatic rings. The molecule has 0 saturated carbocycles. The molecule has 0 aromatic heterocycles. The van der Waals surface area contributed by atoms with Gasteiger partial charge in [0.15, 0.2) is 6.61 Å². The van der Waals surface area contributed by atoms with E-state index in [-0.39, 0.29) is 17.5 Å². The Morgan fingerprint density at radius 2 is 2.16 bits per heavy atom. The molecular formula is C13H18N2O3S. The highest BCUT2D eigenvalue weighted by Gasteiger charge is 2.07. The molecule has 104 valence electrons. The molecule has 0 radical (unpaired) electrons. The van der Waals surface area contributed by atoms with E-state index in [1.54, 1.807) is 18.2 Å². The number of hydrogen-bond donors (Lipinski definition) is 2. The van der Waals surface area contributed by atoms with E-state index in [2.05, 4.69) is 5.32 Å². The standard InChI is InChI=1S/C13H18N2O3S/c1-2-17-8-7-15-12(16)9-18-11-6-4-3-5-10(11)13(14)19/h3-6H,2,7-9H2,1H3,(H2,14,19)(H,15,16). The van der Waals surface area contributed by atoms with Crippen molar-refractivity contribution in [1.82, 2.24) is 5.32 Å². The van der Waals surface area contributed by atoms with Crippen LogP contribution in [0.5, 0.6) is 5.75 Å². The largest absolute Gasteiger partial charge is 0.483 e. The van der Waals surface area contributed by atoms with Crippen LogP contribution in [0.15, 0.2) is 24.3 Å². The Bertz CT molecular complexity index is 438. The minimum absolute atomic E-state index is 0.0776. The first-order valence-corrected chi connectivity index (χ1v) is 6.42. The fourth-order valence-electron chi connectivity index (χ4n) is 1.40. The Balaban J connectivity index is 2.40. The molecule has 0 heterocycles. The van der Waals surface area contributed by atoms with Gasteiger partial charge in [0.25, 0.3) is 5.91 Å². The zero-order chi connectivity index (χ0) is 14.1. The van der Waals surface area contributed by atoms with Gasteiger partial charge in [-0.25, -0.2) is 0 Å². The van der Waals surface area contributed by atoms with Gasteiger partial charge < -0.3 is 20.5 Å². The summed E-state index contributed by atoms with van der Waals surface area (Å²) in [6.45, 7) is 3.41. The van der Waals surface area contributed by atoms with Gasteiger partial charge >= 0.3 is 0 Å². The van der Waals surface area contributed by atoms with Crippen molar-refractivity contribution in [3.8, 4) is 5.75 Å². The van der Waals surface area contributed by atoms with E-state index in [0.717, 1.165) is 0 Å². The van der Waals surface area contributed by atoms with Crippen LogP contribution in [0.25, 0.3) is 0 Å². The summed E-state index contributed by atoms with van der Waals surface area (Å²) in [7, 11) is 0. The lowest BCUT2D eigenvalue weighted by molar-refractivity contribution is -0.123. The SMILES string of the molecule is CCOCCNC(=O)COc1ccccc1C(N)=S. The number of benzene rings is 1. The van der Waals surface area contributed by atoms with Gasteiger partial charge in [0.05, 0.1) is 12.2 Å². The van der Waals surface area contributed by atoms with Gasteiger partial charge in [-0.1, -0.05) is 24.4 Å². The molecule has 5 nitrogen and oxygen atoms in total. The molecule has 1 aromatic rings. The zero-order valence-corrected chi connectivity index (χ0v) is 11.7. The van der Waals surface area contributed by atoms with E-state index in [0.29, 0.717) is 31.1 Å². The molecule has 1 aromatic carbocycles. The Hall–Kier alpha value is -1.66. The van der Waals surface area contributed by atoms with Gasteiger partial charge in [0.2, 0.25) is 0 Å². The topological polar surface area (TPSA) is 73.6 Å². The summed E-state index contributed by atoms with van der Waals surface area (Å²) in [5.41, 5.74) is 6.19. The van der Waals surface area contributed by atoms with Crippen LogP contribution in [-0.2, 0) is 9.53 Å². The molecule has 0 aliphatic carbocycles. The third-order valence-electron chi connectivity index (χ3n) is 2.28. The molecule has 1 rings (SSSR count). The first-order valence-electron chi connectivity index (χ1n) is 6.01. The second-order valence-electron chi connectivity index (χ2n) is 3.70. The average molecular weight is 282 g/mol. The molecule has 3 N–H and O–H groups in total. The molecular weight excluding hydrogens is 264 g/mol. The monoisotopic (exact) mass is 282 g/mol. The number of nitrogens with two attached hydrogens (primary N) is 1. The fourth-order valence-corrected chi connectivity index (χ4v) is 1.57. The Morgan fingerprint density at radius 3 is 2.84 bits per heavy atom. The van der Waals surface area contributed by atoms with Crippen molar-refractivity contribution in [2.45, 2.75) is 6.92 Å². The molecule has 0 unspecified atom stereocenters. The lowest BCUT2D eigenvalue weighted by Gasteiger charge is -2.10. The molecule has 0 atom stereocenters. The van der Waals surface area contributed by atoms with E-state index in [1.807, 2.05) is 13.0 Å². The molecule has 19 heavy (non-hydrogen) atoms. The molecule has 6 heteroatoms. The van der Waals surface area contributed by atoms with Gasteiger partial charge in [0.1, 0.15) is 10.7 Å². The van der Waals surface area contributed by atoms with Crippen LogP contribution in [0.1, 0.15) is 12.5 Å². The van der Waals surface area contributed by atoms with Crippen LogP contribution < -0.4 is 15.8 Å². The van der Waals surface area contributed by atoms with Crippen molar-refractivity contribution in [3.05, 3.63) is 29.8 Å². The maximum absolute atomic E-state index is 11.5. The second-order valence-corrected chi connectivity index (χ2v) is 4.14. The predicted octanol–water partition coefficient (Wildman–Crippen LogP) is 0.852. The van der Waals surface area contributed by atoms with Crippen molar-refractivity contribution in [1.29, 1.82) is 0 Å². The van der Waals surface area contributed by atoms with Crippen molar-refractivity contribution in [2.24, 2.45) is 5.73 Å². The van der Waals surface area contributed by atoms with Crippen molar-refractivity contribution < 1.29 is 14.3 Å². The highest BCUT2D eigenvalue weighted by atomic mass is 32.1. The Morgan fingerprint density at radius 1 is 1.42 bits per heavy atom. The number of nitrogens with one attached hydrogen (secondary N) is 1. The smallest absolute Gasteiger partial charge is 0.258 e. The summed E-state index contributed by atoms with van der Waals surface area (Å²) in [6.07, 6.45) is 0. The quantitative estimate of drug-likeness (QED) is 0.546. The van der Waals surface area contributed by atoms with Crippen molar-refractivity contribution in [3.63, 3.8) is 0 Å². The van der Waals surface area contributed by atoms with Gasteiger partial charge in [-0.2, -0.15) is 0 Å². The molecule has 0 spiro atoms. The molecule has 0 fully saturated rings. The first-order chi connectivity index (χ1) is 9.15. The van der Waals surface area contributed by atoms with Crippen molar-refractivity contribution in [2.75, 3.05) is 26.4 Å². The fraction of sp³-hybridized carbons (Fsp3) is 0.385. The lowest BCUT2D eigenvalue weighted by atomic mass is 10.2. The van der Waals surface area contributed by atoms with Gasteiger partial charge in [-0.05, 0) is 19.1 Å². The highest BCUT2D eigenvalue weighted by molar-refractivity contribution is 7.80. The summed E-state index contributed by atoms with van der Waals surface area (Å²) >= 11 is 4.91. The summed E-state index contributed by atoms with van der Waals surface area (Å²) in [5.74, 6) is 0.299. The van der Waals surface area contributed by atoms with Crippen LogP contribution >= 0.6 is 12.2 Å². The van der Waals surface area contributed by atoms with E-state index < -0.39 is 0 Å². The van der Waals surface area contributed by atoms with Crippen molar-refractivity contribution >= 4 is 23.1 Å². The van der Waals surface area contributed by atoms with Gasteiger partial charge in [-0.15, -0.1) is 0 Å². The zero-order valence-electron chi connectivity index (χ0n) is 10.8. The minimum Gasteiger partial charge on any atom is -0.483 e. The van der Waals surface area contributed by atoms with Gasteiger partial charge in [-0.3, -0.25) is 4.79 Å². The van der Waals surface area contributed by atoms with Crippen LogP contribution in [0.2, 0.25) is 0 Å². The second kappa shape index (κ2) is 8.44. The van der Waals surface area contributed by atoms with Crippen LogP contribution in [0.4, 0.5) is 0 Å². The summed E-state index contributed by atoms with van der Waals surface area (Å²) in [5, 5.41) is 2.68. The molecule has 0 aliphatic heterocycles. The number of ether oxygens (including phenoxy) is 2. The summed E-state index contributed by atoms with van der Waals surface area (Å²) < 4.78 is 10.5. The number of thiocarbonyl (C=S) groups is 1. The normalized spacial score (nSPS) is 9.95. The number of rotatable bonds is 8. The summed E-state index contributed by atoms with van der Waals surface area (Å²) in [6, 6.07) is 7.08. The van der Waals surface area contributed by atoms with Crippen LogP contribution in [0, 0.1) is 0 Å². The number of carbonyl (C=O) groups is 1. The van der Waals surface area contributed by atoms with E-state index in [4.69, 9.17) is 27.4 Å². The molecule has 0 saturated heterocycles. The predicted molar refractivity (Wildman–Crippen MR) is 77.3 cm³/mol. The van der Waals surface area contributed by atoms with E-state index >= 15 is 0 Å². The third kappa shape index (κ3) is 5.67. The maximum atomic E-state index is 11.5. The number of hydrogen-bond acceptors (Lipinski definition) is 4. The Kier molecular flexibility index (Phi) is 6.84. The number of para-hydroxylation sites is 1. The number of amides is 1. The lowest BCUT2D eigenvalue weighted by Crippen LogP contribution is -2.32. The Labute approximate surface area is 118 Å². The third-order valence-corrected chi connectivity index (χ3v) is 2.50. The summed E-state index contributed by atoms with van der Waals surface area (Å²) in [4.78, 5) is 11.7. The van der Waals surface area contributed by atoms with E-state index in [9.17, 15) is 4.79 Å². The first kappa shape index (κ1) is 15.4.